The summed E-state index contributed by atoms with van der Waals surface area (Å²) in [4.78, 5) is 22.9. The Balaban J connectivity index is 2.03. The SMILES string of the molecule is O=C(NCC(C(=O)O)c1ccccc1)c1ccn[nH]1. The van der Waals surface area contributed by atoms with E-state index in [0.29, 0.717) is 11.3 Å². The Morgan fingerprint density at radius 2 is 2.00 bits per heavy atom. The number of rotatable bonds is 5. The van der Waals surface area contributed by atoms with Crippen LogP contribution in [0.2, 0.25) is 0 Å². The number of hydrogen-bond donors (Lipinski definition) is 3. The Labute approximate surface area is 109 Å². The van der Waals surface area contributed by atoms with Crippen LogP contribution in [0.4, 0.5) is 0 Å². The Morgan fingerprint density at radius 1 is 1.26 bits per heavy atom. The fourth-order valence-corrected chi connectivity index (χ4v) is 1.71. The minimum atomic E-state index is -0.976. The first-order valence-corrected chi connectivity index (χ1v) is 5.74. The summed E-state index contributed by atoms with van der Waals surface area (Å²) in [6.45, 7) is 0.0250. The Morgan fingerprint density at radius 3 is 2.58 bits per heavy atom. The third kappa shape index (κ3) is 3.19. The number of hydrogen-bond acceptors (Lipinski definition) is 3. The van der Waals surface area contributed by atoms with Crippen molar-refractivity contribution in [2.24, 2.45) is 0 Å². The third-order valence-corrected chi connectivity index (χ3v) is 2.71. The van der Waals surface area contributed by atoms with Gasteiger partial charge < -0.3 is 10.4 Å². The number of amides is 1. The quantitative estimate of drug-likeness (QED) is 0.746. The first-order valence-electron chi connectivity index (χ1n) is 5.74. The van der Waals surface area contributed by atoms with Crippen molar-refractivity contribution in [2.45, 2.75) is 5.92 Å². The molecular formula is C13H13N3O3. The summed E-state index contributed by atoms with van der Waals surface area (Å²) in [6, 6.07) is 10.3. The number of carboxylic acid groups (broad SMARTS) is 1. The molecule has 2 rings (SSSR count). The zero-order chi connectivity index (χ0) is 13.7. The standard InChI is InChI=1S/C13H13N3O3/c17-12(11-6-7-15-16-11)14-8-10(13(18)19)9-4-2-1-3-5-9/h1-7,10H,8H2,(H,14,17)(H,15,16)(H,18,19). The molecule has 1 aromatic heterocycles. The van der Waals surface area contributed by atoms with Crippen molar-refractivity contribution >= 4 is 11.9 Å². The number of H-pyrrole nitrogens is 1. The maximum absolute atomic E-state index is 11.7. The van der Waals surface area contributed by atoms with E-state index in [1.807, 2.05) is 6.07 Å². The molecule has 98 valence electrons. The molecule has 0 saturated carbocycles. The number of benzene rings is 1. The Bertz CT molecular complexity index is 552. The molecule has 0 bridgehead atoms. The van der Waals surface area contributed by atoms with Crippen molar-refractivity contribution in [3.63, 3.8) is 0 Å². The van der Waals surface area contributed by atoms with Gasteiger partial charge in [0.05, 0.1) is 5.92 Å². The van der Waals surface area contributed by atoms with Crippen LogP contribution in [0.3, 0.4) is 0 Å². The molecule has 6 heteroatoms. The second-order valence-corrected chi connectivity index (χ2v) is 3.98. The van der Waals surface area contributed by atoms with Crippen LogP contribution in [0.1, 0.15) is 22.0 Å². The van der Waals surface area contributed by atoms with Crippen LogP contribution in [-0.2, 0) is 4.79 Å². The third-order valence-electron chi connectivity index (χ3n) is 2.71. The van der Waals surface area contributed by atoms with Gasteiger partial charge in [0.1, 0.15) is 5.69 Å². The molecule has 19 heavy (non-hydrogen) atoms. The first kappa shape index (κ1) is 12.8. The lowest BCUT2D eigenvalue weighted by Gasteiger charge is -2.13. The molecule has 0 aliphatic heterocycles. The lowest BCUT2D eigenvalue weighted by Crippen LogP contribution is -2.31. The number of carbonyl (C=O) groups is 2. The minimum Gasteiger partial charge on any atom is -0.481 e. The fourth-order valence-electron chi connectivity index (χ4n) is 1.71. The van der Waals surface area contributed by atoms with Crippen LogP contribution in [0.5, 0.6) is 0 Å². The van der Waals surface area contributed by atoms with E-state index in [-0.39, 0.29) is 12.5 Å². The summed E-state index contributed by atoms with van der Waals surface area (Å²) >= 11 is 0. The maximum atomic E-state index is 11.7. The lowest BCUT2D eigenvalue weighted by atomic mass is 9.99. The van der Waals surface area contributed by atoms with Crippen LogP contribution in [0, 0.1) is 0 Å². The van der Waals surface area contributed by atoms with Gasteiger partial charge in [0, 0.05) is 12.7 Å². The monoisotopic (exact) mass is 259 g/mol. The highest BCUT2D eigenvalue weighted by Crippen LogP contribution is 2.14. The number of nitrogens with one attached hydrogen (secondary N) is 2. The molecule has 1 heterocycles. The Kier molecular flexibility index (Phi) is 3.92. The van der Waals surface area contributed by atoms with Gasteiger partial charge >= 0.3 is 5.97 Å². The minimum absolute atomic E-state index is 0.0250. The highest BCUT2D eigenvalue weighted by atomic mass is 16.4. The molecule has 3 N–H and O–H groups in total. The average molecular weight is 259 g/mol. The van der Waals surface area contributed by atoms with Crippen LogP contribution < -0.4 is 5.32 Å². The van der Waals surface area contributed by atoms with Crippen molar-refractivity contribution in [1.82, 2.24) is 15.5 Å². The predicted octanol–water partition coefficient (Wildman–Crippen LogP) is 1.01. The molecule has 1 atom stereocenters. The summed E-state index contributed by atoms with van der Waals surface area (Å²) in [6.07, 6.45) is 1.46. The second kappa shape index (κ2) is 5.81. The number of aromatic nitrogens is 2. The molecule has 0 aliphatic rings. The topological polar surface area (TPSA) is 95.1 Å². The fraction of sp³-hybridized carbons (Fsp3) is 0.154. The van der Waals surface area contributed by atoms with Gasteiger partial charge in [0.15, 0.2) is 0 Å². The molecule has 6 nitrogen and oxygen atoms in total. The predicted molar refractivity (Wildman–Crippen MR) is 67.7 cm³/mol. The van der Waals surface area contributed by atoms with Crippen molar-refractivity contribution < 1.29 is 14.7 Å². The van der Waals surface area contributed by atoms with Crippen LogP contribution in [0.25, 0.3) is 0 Å². The number of aromatic amines is 1. The number of carboxylic acids is 1. The van der Waals surface area contributed by atoms with E-state index in [1.54, 1.807) is 24.3 Å². The summed E-state index contributed by atoms with van der Waals surface area (Å²) in [5.41, 5.74) is 0.956. The van der Waals surface area contributed by atoms with E-state index in [4.69, 9.17) is 0 Å². The molecule has 1 amide bonds. The summed E-state index contributed by atoms with van der Waals surface area (Å²) in [5, 5.41) is 18.0. The molecule has 0 saturated heterocycles. The second-order valence-electron chi connectivity index (χ2n) is 3.98. The van der Waals surface area contributed by atoms with Gasteiger partial charge in [-0.1, -0.05) is 30.3 Å². The van der Waals surface area contributed by atoms with E-state index in [2.05, 4.69) is 15.5 Å². The average Bonchev–Trinajstić information content (AvgIpc) is 2.93. The van der Waals surface area contributed by atoms with Crippen molar-refractivity contribution in [1.29, 1.82) is 0 Å². The van der Waals surface area contributed by atoms with Gasteiger partial charge in [-0.05, 0) is 11.6 Å². The molecule has 0 radical (unpaired) electrons. The van der Waals surface area contributed by atoms with Gasteiger partial charge in [-0.25, -0.2) is 0 Å². The number of carbonyl (C=O) groups excluding carboxylic acids is 1. The summed E-state index contributed by atoms with van der Waals surface area (Å²) in [7, 11) is 0. The highest BCUT2D eigenvalue weighted by Gasteiger charge is 2.20. The van der Waals surface area contributed by atoms with Gasteiger partial charge in [-0.2, -0.15) is 5.10 Å². The summed E-state index contributed by atoms with van der Waals surface area (Å²) in [5.74, 6) is -2.12. The zero-order valence-corrected chi connectivity index (χ0v) is 10.0. The van der Waals surface area contributed by atoms with Crippen molar-refractivity contribution in [2.75, 3.05) is 6.54 Å². The van der Waals surface area contributed by atoms with Crippen molar-refractivity contribution in [3.05, 3.63) is 53.9 Å². The van der Waals surface area contributed by atoms with Crippen LogP contribution in [-0.4, -0.2) is 33.7 Å². The van der Waals surface area contributed by atoms with E-state index in [9.17, 15) is 14.7 Å². The number of nitrogens with zero attached hydrogens (tertiary/aromatic N) is 1. The zero-order valence-electron chi connectivity index (χ0n) is 10.0. The van der Waals surface area contributed by atoms with E-state index in [0.717, 1.165) is 0 Å². The van der Waals surface area contributed by atoms with Gasteiger partial charge in [-0.3, -0.25) is 14.7 Å². The smallest absolute Gasteiger partial charge is 0.312 e. The van der Waals surface area contributed by atoms with Crippen LogP contribution in [0.15, 0.2) is 42.6 Å². The Hall–Kier alpha value is -2.63. The largest absolute Gasteiger partial charge is 0.481 e. The lowest BCUT2D eigenvalue weighted by molar-refractivity contribution is -0.138. The van der Waals surface area contributed by atoms with Gasteiger partial charge in [0.25, 0.3) is 5.91 Å². The molecular weight excluding hydrogens is 246 g/mol. The maximum Gasteiger partial charge on any atom is 0.312 e. The number of aliphatic carboxylic acids is 1. The molecule has 0 aliphatic carbocycles. The van der Waals surface area contributed by atoms with Gasteiger partial charge in [-0.15, -0.1) is 0 Å². The van der Waals surface area contributed by atoms with Crippen molar-refractivity contribution in [3.8, 4) is 0 Å². The molecule has 0 fully saturated rings. The van der Waals surface area contributed by atoms with E-state index >= 15 is 0 Å². The molecule has 2 aromatic rings. The molecule has 1 aromatic carbocycles. The summed E-state index contributed by atoms with van der Waals surface area (Å²) < 4.78 is 0. The van der Waals surface area contributed by atoms with E-state index in [1.165, 1.54) is 12.3 Å². The first-order chi connectivity index (χ1) is 9.18. The molecule has 1 unspecified atom stereocenters. The normalized spacial score (nSPS) is 11.8. The van der Waals surface area contributed by atoms with Crippen LogP contribution >= 0.6 is 0 Å². The highest BCUT2D eigenvalue weighted by molar-refractivity contribution is 5.92. The van der Waals surface area contributed by atoms with Gasteiger partial charge in [0.2, 0.25) is 0 Å². The van der Waals surface area contributed by atoms with E-state index < -0.39 is 11.9 Å². The molecule has 0 spiro atoms.